The van der Waals surface area contributed by atoms with Gasteiger partial charge in [-0.25, -0.2) is 9.97 Å². The first-order valence-electron chi connectivity index (χ1n) is 21.7. The monoisotopic (exact) mass is 806 g/mol. The third kappa shape index (κ3) is 5.66. The molecular weight excluding hydrogens is 765 g/mol. The van der Waals surface area contributed by atoms with Crippen LogP contribution in [0.25, 0.3) is 66.9 Å². The molecule has 0 bridgehead atoms. The van der Waals surface area contributed by atoms with Crippen molar-refractivity contribution in [1.82, 2.24) is 9.97 Å². The van der Waals surface area contributed by atoms with Gasteiger partial charge in [-0.3, -0.25) is 0 Å². The fraction of sp³-hybridized carbons (Fsp3) is 0.0667. The lowest BCUT2D eigenvalue weighted by molar-refractivity contribution is 0.425. The molecule has 0 saturated carbocycles. The second-order valence-electron chi connectivity index (χ2n) is 17.2. The molecule has 0 atom stereocenters. The van der Waals surface area contributed by atoms with Gasteiger partial charge in [-0.05, 0) is 85.6 Å². The molecule has 0 fully saturated rings. The van der Waals surface area contributed by atoms with Gasteiger partial charge >= 0.3 is 0 Å². The molecule has 0 unspecified atom stereocenters. The lowest BCUT2D eigenvalue weighted by atomic mass is 9.53. The fourth-order valence-electron chi connectivity index (χ4n) is 10.7. The summed E-state index contributed by atoms with van der Waals surface area (Å²) in [5, 5.41) is 2.29. The summed E-state index contributed by atoms with van der Waals surface area (Å²) in [6.07, 6.45) is 0. The van der Waals surface area contributed by atoms with E-state index >= 15 is 0 Å². The Hall–Kier alpha value is -7.88. The predicted octanol–water partition coefficient (Wildman–Crippen LogP) is 15.1. The van der Waals surface area contributed by atoms with E-state index in [9.17, 15) is 0 Å². The molecule has 9 aromatic carbocycles. The van der Waals surface area contributed by atoms with Crippen LogP contribution < -0.4 is 4.74 Å². The Balaban J connectivity index is 1.07. The van der Waals surface area contributed by atoms with E-state index in [2.05, 4.69) is 226 Å². The second kappa shape index (κ2) is 14.4. The third-order valence-electron chi connectivity index (χ3n) is 13.4. The van der Waals surface area contributed by atoms with Gasteiger partial charge in [0.25, 0.3) is 0 Å². The predicted molar refractivity (Wildman–Crippen MR) is 257 cm³/mol. The minimum atomic E-state index is -0.592. The van der Waals surface area contributed by atoms with Crippen LogP contribution in [0.1, 0.15) is 47.2 Å². The standard InChI is InChI=1S/C60H42N2O/c1-59(2)48-28-11-12-29-49(48)60(50-30-13-15-33-55(50)63-56-34-16-14-31-51(56)60)52-32-18-27-44(57(52)59)41-23-17-24-42(37-41)54-38-53(40-21-7-4-8-22-40)61-58(62-54)47-36-35-43(39-19-5-3-6-20-39)45-25-9-10-26-46(45)47/h3-38H,1-2H3. The molecule has 63 heavy (non-hydrogen) atoms. The van der Waals surface area contributed by atoms with Crippen LogP contribution in [0, 0.1) is 0 Å². The summed E-state index contributed by atoms with van der Waals surface area (Å²) in [5.41, 5.74) is 16.1. The summed E-state index contributed by atoms with van der Waals surface area (Å²) in [7, 11) is 0. The lowest BCUT2D eigenvalue weighted by Gasteiger charge is -2.50. The Labute approximate surface area is 368 Å². The molecular formula is C60H42N2O. The molecule has 0 N–H and O–H groups in total. The van der Waals surface area contributed by atoms with Crippen molar-refractivity contribution in [2.45, 2.75) is 24.7 Å². The van der Waals surface area contributed by atoms with E-state index in [-0.39, 0.29) is 5.41 Å². The Morgan fingerprint density at radius 3 is 1.54 bits per heavy atom. The van der Waals surface area contributed by atoms with E-state index in [0.29, 0.717) is 5.82 Å². The average Bonchev–Trinajstić information content (AvgIpc) is 3.35. The van der Waals surface area contributed by atoms with Gasteiger partial charge in [-0.2, -0.15) is 0 Å². The van der Waals surface area contributed by atoms with Crippen molar-refractivity contribution >= 4 is 10.8 Å². The molecule has 2 heterocycles. The zero-order chi connectivity index (χ0) is 42.1. The van der Waals surface area contributed by atoms with Crippen LogP contribution in [0.3, 0.4) is 0 Å². The van der Waals surface area contributed by atoms with Crippen LogP contribution >= 0.6 is 0 Å². The summed E-state index contributed by atoms with van der Waals surface area (Å²) in [5.74, 6) is 2.47. The summed E-state index contributed by atoms with van der Waals surface area (Å²) in [6, 6.07) is 78.3. The van der Waals surface area contributed by atoms with E-state index in [0.717, 1.165) is 61.7 Å². The third-order valence-corrected chi connectivity index (χ3v) is 13.4. The molecule has 1 aliphatic carbocycles. The van der Waals surface area contributed by atoms with Crippen molar-refractivity contribution in [3.8, 4) is 67.7 Å². The van der Waals surface area contributed by atoms with Crippen molar-refractivity contribution in [1.29, 1.82) is 0 Å². The van der Waals surface area contributed by atoms with Gasteiger partial charge in [-0.1, -0.05) is 202 Å². The molecule has 1 aliphatic heterocycles. The van der Waals surface area contributed by atoms with E-state index < -0.39 is 5.41 Å². The van der Waals surface area contributed by atoms with Gasteiger partial charge in [0.05, 0.1) is 16.8 Å². The first kappa shape index (κ1) is 36.9. The molecule has 1 aromatic heterocycles. The van der Waals surface area contributed by atoms with Crippen molar-refractivity contribution in [3.63, 3.8) is 0 Å². The number of nitrogens with zero attached hydrogens (tertiary/aromatic N) is 2. The number of hydrogen-bond acceptors (Lipinski definition) is 3. The molecule has 0 saturated heterocycles. The van der Waals surface area contributed by atoms with Crippen LogP contribution in [0.5, 0.6) is 11.5 Å². The van der Waals surface area contributed by atoms with Crippen molar-refractivity contribution in [2.24, 2.45) is 0 Å². The molecule has 0 radical (unpaired) electrons. The zero-order valence-corrected chi connectivity index (χ0v) is 35.1. The molecule has 2 aliphatic rings. The van der Waals surface area contributed by atoms with Gasteiger partial charge in [0.2, 0.25) is 0 Å². The quantitative estimate of drug-likeness (QED) is 0.174. The van der Waals surface area contributed by atoms with E-state index in [1.165, 1.54) is 44.3 Å². The molecule has 12 rings (SSSR count). The molecule has 298 valence electrons. The first-order chi connectivity index (χ1) is 31.0. The van der Waals surface area contributed by atoms with Crippen LogP contribution in [0.2, 0.25) is 0 Å². The van der Waals surface area contributed by atoms with Crippen LogP contribution in [0.15, 0.2) is 218 Å². The minimum Gasteiger partial charge on any atom is -0.457 e. The number of ether oxygens (including phenoxy) is 1. The molecule has 3 nitrogen and oxygen atoms in total. The maximum Gasteiger partial charge on any atom is 0.161 e. The Bertz CT molecular complexity index is 3360. The highest BCUT2D eigenvalue weighted by atomic mass is 16.5. The van der Waals surface area contributed by atoms with Gasteiger partial charge in [0.15, 0.2) is 5.82 Å². The van der Waals surface area contributed by atoms with Crippen molar-refractivity contribution in [2.75, 3.05) is 0 Å². The molecule has 10 aromatic rings. The topological polar surface area (TPSA) is 35.0 Å². The Morgan fingerprint density at radius 1 is 0.349 bits per heavy atom. The van der Waals surface area contributed by atoms with E-state index in [4.69, 9.17) is 14.7 Å². The summed E-state index contributed by atoms with van der Waals surface area (Å²) < 4.78 is 6.69. The maximum absolute atomic E-state index is 6.69. The maximum atomic E-state index is 6.69. The fourth-order valence-corrected chi connectivity index (χ4v) is 10.7. The Kier molecular flexibility index (Phi) is 8.42. The second-order valence-corrected chi connectivity index (χ2v) is 17.2. The van der Waals surface area contributed by atoms with Crippen LogP contribution in [0.4, 0.5) is 0 Å². The summed E-state index contributed by atoms with van der Waals surface area (Å²) in [4.78, 5) is 10.7. The van der Waals surface area contributed by atoms with Gasteiger partial charge < -0.3 is 4.74 Å². The van der Waals surface area contributed by atoms with Crippen LogP contribution in [-0.2, 0) is 10.8 Å². The SMILES string of the molecule is CC1(C)c2ccccc2C2(c3ccccc3Oc3ccccc32)c2cccc(-c3cccc(-c4cc(-c5ccccc5)nc(-c5ccc(-c6ccccc6)c6ccccc56)n4)c3)c21. The Morgan fingerprint density at radius 2 is 0.841 bits per heavy atom. The normalized spacial score (nSPS) is 13.9. The number of rotatable bonds is 5. The number of para-hydroxylation sites is 2. The van der Waals surface area contributed by atoms with Crippen LogP contribution in [-0.4, -0.2) is 9.97 Å². The highest BCUT2D eigenvalue weighted by Gasteiger charge is 2.53. The molecule has 3 heteroatoms. The lowest BCUT2D eigenvalue weighted by Crippen LogP contribution is -2.43. The number of aromatic nitrogens is 2. The van der Waals surface area contributed by atoms with Gasteiger partial charge in [0.1, 0.15) is 11.5 Å². The van der Waals surface area contributed by atoms with Gasteiger partial charge in [-0.15, -0.1) is 0 Å². The zero-order valence-electron chi connectivity index (χ0n) is 35.1. The van der Waals surface area contributed by atoms with Crippen molar-refractivity contribution in [3.05, 3.63) is 252 Å². The average molecular weight is 807 g/mol. The largest absolute Gasteiger partial charge is 0.457 e. The summed E-state index contributed by atoms with van der Waals surface area (Å²) >= 11 is 0. The summed E-state index contributed by atoms with van der Waals surface area (Å²) in [6.45, 7) is 4.77. The number of fused-ring (bicyclic) bond motifs is 9. The smallest absolute Gasteiger partial charge is 0.161 e. The first-order valence-corrected chi connectivity index (χ1v) is 21.7. The number of hydrogen-bond donors (Lipinski definition) is 0. The molecule has 0 amide bonds. The van der Waals surface area contributed by atoms with Gasteiger partial charge in [0, 0.05) is 33.2 Å². The molecule has 1 spiro atoms. The highest BCUT2D eigenvalue weighted by Crippen LogP contribution is 2.62. The number of benzene rings is 9. The van der Waals surface area contributed by atoms with E-state index in [1.807, 2.05) is 6.07 Å². The van der Waals surface area contributed by atoms with Crippen molar-refractivity contribution < 1.29 is 4.74 Å². The minimum absolute atomic E-state index is 0.332. The van der Waals surface area contributed by atoms with E-state index in [1.54, 1.807) is 0 Å². The highest BCUT2D eigenvalue weighted by molar-refractivity contribution is 6.04.